The Morgan fingerprint density at radius 1 is 0.568 bits per heavy atom. The van der Waals surface area contributed by atoms with E-state index in [1.54, 1.807) is 0 Å². The summed E-state index contributed by atoms with van der Waals surface area (Å²) < 4.78 is 0. The van der Waals surface area contributed by atoms with Crippen LogP contribution in [0.5, 0.6) is 0 Å². The third-order valence-corrected chi connectivity index (χ3v) is 8.37. The van der Waals surface area contributed by atoms with Gasteiger partial charge in [0.05, 0.1) is 23.6 Å². The molecule has 0 aliphatic heterocycles. The molecule has 37 heavy (non-hydrogen) atoms. The number of hydrazone groups is 1. The number of hydrogen-bond donors (Lipinski definition) is 1. The minimum absolute atomic E-state index is 0.0761. The molecule has 0 bridgehead atoms. The molecule has 3 aliphatic carbocycles. The summed E-state index contributed by atoms with van der Waals surface area (Å²) in [5, 5.41) is 5.18. The number of benzene rings is 4. The Bertz CT molecular complexity index is 1320. The van der Waals surface area contributed by atoms with Gasteiger partial charge in [0.2, 0.25) is 0 Å². The van der Waals surface area contributed by atoms with Gasteiger partial charge in [0, 0.05) is 0 Å². The fourth-order valence-electron chi connectivity index (χ4n) is 6.72. The van der Waals surface area contributed by atoms with E-state index in [1.165, 1.54) is 76.6 Å². The summed E-state index contributed by atoms with van der Waals surface area (Å²) >= 11 is 0. The Hall–Kier alpha value is -3.98. The minimum atomic E-state index is 0.0761. The van der Waals surface area contributed by atoms with Gasteiger partial charge in [-0.3, -0.25) is 10.4 Å². The van der Waals surface area contributed by atoms with E-state index in [0.29, 0.717) is 6.04 Å². The maximum Gasteiger partial charge on any atom is 0.103 e. The van der Waals surface area contributed by atoms with E-state index in [-0.39, 0.29) is 11.8 Å². The molecule has 0 unspecified atom stereocenters. The Morgan fingerprint density at radius 2 is 0.973 bits per heavy atom. The van der Waals surface area contributed by atoms with Crippen LogP contribution in [0.15, 0.2) is 107 Å². The van der Waals surface area contributed by atoms with Crippen molar-refractivity contribution in [2.24, 2.45) is 10.1 Å². The van der Waals surface area contributed by atoms with Gasteiger partial charge in [-0.1, -0.05) is 116 Å². The average molecular weight is 482 g/mol. The molecule has 0 aromatic heterocycles. The predicted octanol–water partition coefficient (Wildman–Crippen LogP) is 7.92. The van der Waals surface area contributed by atoms with Gasteiger partial charge in [-0.25, -0.2) is 0 Å². The second kappa shape index (κ2) is 9.48. The van der Waals surface area contributed by atoms with Crippen LogP contribution in [0, 0.1) is 0 Å². The topological polar surface area (TPSA) is 36.8 Å². The Labute approximate surface area is 219 Å². The third-order valence-electron chi connectivity index (χ3n) is 8.37. The van der Waals surface area contributed by atoms with Crippen molar-refractivity contribution >= 4 is 12.1 Å². The number of nitrogens with one attached hydrogen (secondary N) is 1. The van der Waals surface area contributed by atoms with Crippen LogP contribution in [0.1, 0.15) is 66.2 Å². The fraction of sp³-hybridized carbons (Fsp3) is 0.235. The van der Waals surface area contributed by atoms with Crippen LogP contribution in [-0.2, 0) is 0 Å². The molecule has 0 radical (unpaired) electrons. The first kappa shape index (κ1) is 22.2. The SMILES string of the molecule is C(=NC1CCCCC1)NN=C(C1c2ccccc2-c2ccccc21)C1c2ccccc2-c2ccccc21. The van der Waals surface area contributed by atoms with Gasteiger partial charge in [-0.2, -0.15) is 5.10 Å². The summed E-state index contributed by atoms with van der Waals surface area (Å²) in [5.41, 5.74) is 15.0. The highest BCUT2D eigenvalue weighted by Gasteiger charge is 2.40. The smallest absolute Gasteiger partial charge is 0.103 e. The molecule has 0 saturated heterocycles. The summed E-state index contributed by atoms with van der Waals surface area (Å²) in [6, 6.07) is 35.7. The number of aliphatic imine (C=N–C) groups is 1. The lowest BCUT2D eigenvalue weighted by atomic mass is 9.80. The van der Waals surface area contributed by atoms with Crippen LogP contribution in [-0.4, -0.2) is 18.1 Å². The molecule has 0 amide bonds. The quantitative estimate of drug-likeness (QED) is 0.175. The van der Waals surface area contributed by atoms with E-state index in [1.807, 2.05) is 6.34 Å². The molecule has 3 nitrogen and oxygen atoms in total. The zero-order chi connectivity index (χ0) is 24.6. The first-order valence-electron chi connectivity index (χ1n) is 13.6. The summed E-state index contributed by atoms with van der Waals surface area (Å²) in [6.07, 6.45) is 8.10. The third kappa shape index (κ3) is 3.81. The highest BCUT2D eigenvalue weighted by Crippen LogP contribution is 2.52. The predicted molar refractivity (Wildman–Crippen MR) is 153 cm³/mol. The zero-order valence-electron chi connectivity index (χ0n) is 21.0. The van der Waals surface area contributed by atoms with Crippen LogP contribution >= 0.6 is 0 Å². The van der Waals surface area contributed by atoms with Crippen molar-refractivity contribution in [2.45, 2.75) is 50.0 Å². The molecule has 1 fully saturated rings. The Morgan fingerprint density at radius 3 is 1.41 bits per heavy atom. The largest absolute Gasteiger partial charge is 0.271 e. The van der Waals surface area contributed by atoms with Crippen LogP contribution < -0.4 is 5.43 Å². The van der Waals surface area contributed by atoms with Gasteiger partial charge in [-0.15, -0.1) is 0 Å². The van der Waals surface area contributed by atoms with Gasteiger partial charge in [-0.05, 0) is 57.3 Å². The van der Waals surface area contributed by atoms with Crippen molar-refractivity contribution in [3.63, 3.8) is 0 Å². The van der Waals surface area contributed by atoms with Gasteiger partial charge in [0.15, 0.2) is 0 Å². The van der Waals surface area contributed by atoms with Crippen molar-refractivity contribution in [2.75, 3.05) is 0 Å². The molecule has 0 spiro atoms. The number of rotatable bonds is 5. The summed E-state index contributed by atoms with van der Waals surface area (Å²) in [5.74, 6) is 0.152. The number of nitrogens with zero attached hydrogens (tertiary/aromatic N) is 2. The van der Waals surface area contributed by atoms with Crippen molar-refractivity contribution < 1.29 is 0 Å². The van der Waals surface area contributed by atoms with Gasteiger partial charge >= 0.3 is 0 Å². The Kier molecular flexibility index (Phi) is 5.70. The van der Waals surface area contributed by atoms with Crippen molar-refractivity contribution in [3.8, 4) is 22.3 Å². The molecular weight excluding hydrogens is 450 g/mol. The molecule has 182 valence electrons. The summed E-state index contributed by atoms with van der Waals surface area (Å²) in [7, 11) is 0. The highest BCUT2D eigenvalue weighted by atomic mass is 15.3. The van der Waals surface area contributed by atoms with Crippen molar-refractivity contribution in [3.05, 3.63) is 119 Å². The first-order valence-corrected chi connectivity index (χ1v) is 13.6. The van der Waals surface area contributed by atoms with E-state index in [9.17, 15) is 0 Å². The zero-order valence-corrected chi connectivity index (χ0v) is 21.0. The fourth-order valence-corrected chi connectivity index (χ4v) is 6.72. The lowest BCUT2D eigenvalue weighted by Gasteiger charge is -2.24. The molecular formula is C34H31N3. The van der Waals surface area contributed by atoms with Crippen molar-refractivity contribution in [1.82, 2.24) is 5.43 Å². The second-order valence-corrected chi connectivity index (χ2v) is 10.5. The average Bonchev–Trinajstić information content (AvgIpc) is 3.47. The summed E-state index contributed by atoms with van der Waals surface area (Å²) in [6.45, 7) is 0. The molecule has 7 rings (SSSR count). The van der Waals surface area contributed by atoms with Crippen LogP contribution in [0.4, 0.5) is 0 Å². The second-order valence-electron chi connectivity index (χ2n) is 10.5. The monoisotopic (exact) mass is 481 g/mol. The minimum Gasteiger partial charge on any atom is -0.271 e. The van der Waals surface area contributed by atoms with Gasteiger partial charge in [0.1, 0.15) is 6.34 Å². The maximum absolute atomic E-state index is 5.18. The number of hydrogen-bond acceptors (Lipinski definition) is 2. The first-order chi connectivity index (χ1) is 18.4. The van der Waals surface area contributed by atoms with Crippen LogP contribution in [0.3, 0.4) is 0 Å². The van der Waals surface area contributed by atoms with E-state index in [4.69, 9.17) is 10.1 Å². The molecule has 1 saturated carbocycles. The molecule has 3 aliphatic rings. The standard InChI is InChI=1S/C34H31N3/c1-2-12-23(13-3-1)35-22-36-37-34(32-28-18-8-4-14-24(28)25-15-5-9-19-29(25)32)33-30-20-10-6-16-26(30)27-17-7-11-21-31(27)33/h4-11,14-23,32-33H,1-3,12-13H2,(H,35,36). The normalized spacial score (nSPS) is 16.8. The molecule has 0 heterocycles. The van der Waals surface area contributed by atoms with E-state index in [0.717, 1.165) is 5.71 Å². The maximum atomic E-state index is 5.18. The summed E-state index contributed by atoms with van der Waals surface area (Å²) in [4.78, 5) is 4.84. The highest BCUT2D eigenvalue weighted by molar-refractivity contribution is 6.09. The molecule has 4 aromatic rings. The van der Waals surface area contributed by atoms with Gasteiger partial charge < -0.3 is 0 Å². The van der Waals surface area contributed by atoms with Crippen LogP contribution in [0.2, 0.25) is 0 Å². The van der Waals surface area contributed by atoms with E-state index < -0.39 is 0 Å². The molecule has 4 aromatic carbocycles. The van der Waals surface area contributed by atoms with E-state index in [2.05, 4.69) is 102 Å². The molecule has 3 heteroatoms. The molecule has 0 atom stereocenters. The Balaban J connectivity index is 1.37. The molecule has 1 N–H and O–H groups in total. The van der Waals surface area contributed by atoms with Crippen LogP contribution in [0.25, 0.3) is 22.3 Å². The lowest BCUT2D eigenvalue weighted by molar-refractivity contribution is 0.443. The lowest BCUT2D eigenvalue weighted by Crippen LogP contribution is -2.24. The van der Waals surface area contributed by atoms with Gasteiger partial charge in [0.25, 0.3) is 0 Å². The van der Waals surface area contributed by atoms with E-state index >= 15 is 0 Å². The number of fused-ring (bicyclic) bond motifs is 6. The van der Waals surface area contributed by atoms with Crippen molar-refractivity contribution in [1.29, 1.82) is 0 Å².